The van der Waals surface area contributed by atoms with E-state index in [9.17, 15) is 4.79 Å². The van der Waals surface area contributed by atoms with Gasteiger partial charge in [0.1, 0.15) is 24.0 Å². The molecule has 0 atom stereocenters. The Morgan fingerprint density at radius 1 is 1.17 bits per heavy atom. The average molecular weight is 382 g/mol. The van der Waals surface area contributed by atoms with E-state index in [1.807, 2.05) is 0 Å². The first-order chi connectivity index (χ1) is 11.4. The Hall–Kier alpha value is -2.19. The van der Waals surface area contributed by atoms with Crippen molar-refractivity contribution in [2.24, 2.45) is 5.73 Å². The summed E-state index contributed by atoms with van der Waals surface area (Å²) in [7, 11) is 0. The summed E-state index contributed by atoms with van der Waals surface area (Å²) < 4.78 is 5.73. The van der Waals surface area contributed by atoms with Crippen molar-refractivity contribution in [1.29, 1.82) is 5.26 Å². The van der Waals surface area contributed by atoms with E-state index in [0.717, 1.165) is 5.56 Å². The van der Waals surface area contributed by atoms with Gasteiger partial charge in [0, 0.05) is 10.6 Å². The molecule has 2 aromatic rings. The second kappa shape index (κ2) is 8.07. The molecule has 2 N–H and O–H groups in total. The van der Waals surface area contributed by atoms with E-state index >= 15 is 0 Å². The SMILES string of the molecule is N#C/C(=C\c1cc(Cl)ccc1OCc1ccc(Cl)c(Cl)c1)C(N)=O. The number of primary amides is 1. The van der Waals surface area contributed by atoms with Gasteiger partial charge in [0.05, 0.1) is 10.0 Å². The fraction of sp³-hybridized carbons (Fsp3) is 0.0588. The van der Waals surface area contributed by atoms with Crippen molar-refractivity contribution in [3.8, 4) is 11.8 Å². The van der Waals surface area contributed by atoms with Gasteiger partial charge in [-0.05, 0) is 42.0 Å². The van der Waals surface area contributed by atoms with Crippen LogP contribution in [0.3, 0.4) is 0 Å². The number of benzene rings is 2. The third kappa shape index (κ3) is 4.65. The van der Waals surface area contributed by atoms with Gasteiger partial charge in [-0.25, -0.2) is 0 Å². The first kappa shape index (κ1) is 18.2. The van der Waals surface area contributed by atoms with E-state index < -0.39 is 5.91 Å². The van der Waals surface area contributed by atoms with Crippen LogP contribution in [-0.4, -0.2) is 5.91 Å². The molecule has 2 rings (SSSR count). The number of nitriles is 1. The van der Waals surface area contributed by atoms with Crippen LogP contribution in [-0.2, 0) is 11.4 Å². The number of halogens is 3. The molecule has 7 heteroatoms. The molecular weight excluding hydrogens is 371 g/mol. The Kier molecular flexibility index (Phi) is 6.10. The van der Waals surface area contributed by atoms with E-state index in [1.54, 1.807) is 42.5 Å². The summed E-state index contributed by atoms with van der Waals surface area (Å²) in [6.45, 7) is 0.220. The Morgan fingerprint density at radius 2 is 1.92 bits per heavy atom. The summed E-state index contributed by atoms with van der Waals surface area (Å²) in [6, 6.07) is 11.7. The van der Waals surface area contributed by atoms with Crippen LogP contribution in [0.15, 0.2) is 42.0 Å². The number of carbonyl (C=O) groups is 1. The lowest BCUT2D eigenvalue weighted by atomic mass is 10.1. The van der Waals surface area contributed by atoms with Gasteiger partial charge < -0.3 is 10.5 Å². The number of amides is 1. The molecule has 0 heterocycles. The summed E-state index contributed by atoms with van der Waals surface area (Å²) in [5.41, 5.74) is 6.23. The van der Waals surface area contributed by atoms with E-state index in [2.05, 4.69) is 0 Å². The van der Waals surface area contributed by atoms with E-state index in [0.29, 0.717) is 26.4 Å². The lowest BCUT2D eigenvalue weighted by molar-refractivity contribution is -0.114. The van der Waals surface area contributed by atoms with E-state index in [1.165, 1.54) is 6.08 Å². The van der Waals surface area contributed by atoms with Gasteiger partial charge in [-0.3, -0.25) is 4.79 Å². The molecule has 4 nitrogen and oxygen atoms in total. The maximum atomic E-state index is 11.2. The number of ether oxygens (including phenoxy) is 1. The fourth-order valence-electron chi connectivity index (χ4n) is 1.87. The molecule has 0 bridgehead atoms. The van der Waals surface area contributed by atoms with Gasteiger partial charge in [0.15, 0.2) is 0 Å². The average Bonchev–Trinajstić information content (AvgIpc) is 2.54. The highest BCUT2D eigenvalue weighted by atomic mass is 35.5. The second-order valence-corrected chi connectivity index (χ2v) is 6.00. The molecule has 0 aliphatic heterocycles. The van der Waals surface area contributed by atoms with Crippen LogP contribution in [0, 0.1) is 11.3 Å². The van der Waals surface area contributed by atoms with Gasteiger partial charge in [-0.2, -0.15) is 5.26 Å². The Balaban J connectivity index is 2.29. The highest BCUT2D eigenvalue weighted by molar-refractivity contribution is 6.42. The van der Waals surface area contributed by atoms with Crippen LogP contribution in [0.1, 0.15) is 11.1 Å². The van der Waals surface area contributed by atoms with Crippen molar-refractivity contribution in [3.05, 3.63) is 68.2 Å². The van der Waals surface area contributed by atoms with E-state index in [4.69, 9.17) is 50.5 Å². The number of hydrogen-bond donors (Lipinski definition) is 1. The first-order valence-electron chi connectivity index (χ1n) is 6.68. The third-order valence-corrected chi connectivity index (χ3v) is 4.01. The van der Waals surface area contributed by atoms with Gasteiger partial charge >= 0.3 is 0 Å². The zero-order valence-electron chi connectivity index (χ0n) is 12.2. The van der Waals surface area contributed by atoms with Crippen molar-refractivity contribution >= 4 is 46.8 Å². The molecular formula is C17H11Cl3N2O2. The quantitative estimate of drug-likeness (QED) is 0.606. The van der Waals surface area contributed by atoms with Crippen LogP contribution >= 0.6 is 34.8 Å². The summed E-state index contributed by atoms with van der Waals surface area (Å²) in [5.74, 6) is -0.382. The van der Waals surface area contributed by atoms with Gasteiger partial charge in [-0.1, -0.05) is 40.9 Å². The predicted octanol–water partition coefficient (Wildman–Crippen LogP) is 4.62. The fourth-order valence-corrected chi connectivity index (χ4v) is 2.37. The molecule has 1 amide bonds. The maximum Gasteiger partial charge on any atom is 0.259 e. The molecule has 0 aromatic heterocycles. The predicted molar refractivity (Wildman–Crippen MR) is 95.0 cm³/mol. The molecule has 24 heavy (non-hydrogen) atoms. The summed E-state index contributed by atoms with van der Waals surface area (Å²) in [6.07, 6.45) is 1.33. The highest BCUT2D eigenvalue weighted by Gasteiger charge is 2.09. The normalized spacial score (nSPS) is 11.0. The van der Waals surface area contributed by atoms with Crippen molar-refractivity contribution in [3.63, 3.8) is 0 Å². The van der Waals surface area contributed by atoms with Crippen LogP contribution in [0.4, 0.5) is 0 Å². The van der Waals surface area contributed by atoms with Crippen molar-refractivity contribution < 1.29 is 9.53 Å². The van der Waals surface area contributed by atoms with Gasteiger partial charge in [0.2, 0.25) is 0 Å². The van der Waals surface area contributed by atoms with Crippen LogP contribution in [0.25, 0.3) is 6.08 Å². The zero-order chi connectivity index (χ0) is 17.7. The van der Waals surface area contributed by atoms with Gasteiger partial charge in [0.25, 0.3) is 5.91 Å². The van der Waals surface area contributed by atoms with Crippen molar-refractivity contribution in [1.82, 2.24) is 0 Å². The molecule has 0 spiro atoms. The molecule has 0 unspecified atom stereocenters. The number of nitrogens with zero attached hydrogens (tertiary/aromatic N) is 1. The molecule has 2 aromatic carbocycles. The number of rotatable bonds is 5. The minimum Gasteiger partial charge on any atom is -0.488 e. The standard InChI is InChI=1S/C17H11Cl3N2O2/c18-13-2-4-16(11(7-13)6-12(8-21)17(22)23)24-9-10-1-3-14(19)15(20)5-10/h1-7H,9H2,(H2,22,23)/b12-6+. The molecule has 0 aliphatic rings. The molecule has 0 fully saturated rings. The Morgan fingerprint density at radius 3 is 2.54 bits per heavy atom. The van der Waals surface area contributed by atoms with Crippen LogP contribution in [0.2, 0.25) is 15.1 Å². The molecule has 0 saturated carbocycles. The molecule has 0 saturated heterocycles. The summed E-state index contributed by atoms with van der Waals surface area (Å²) >= 11 is 17.8. The minimum absolute atomic E-state index is 0.198. The maximum absolute atomic E-state index is 11.2. The molecule has 122 valence electrons. The summed E-state index contributed by atoms with van der Waals surface area (Å²) in [5, 5.41) is 10.3. The number of nitrogens with two attached hydrogens (primary N) is 1. The lowest BCUT2D eigenvalue weighted by Gasteiger charge is -2.11. The Labute approximate surface area is 154 Å². The first-order valence-corrected chi connectivity index (χ1v) is 7.82. The smallest absolute Gasteiger partial charge is 0.259 e. The molecule has 0 aliphatic carbocycles. The zero-order valence-corrected chi connectivity index (χ0v) is 14.5. The van der Waals surface area contributed by atoms with Crippen molar-refractivity contribution in [2.75, 3.05) is 0 Å². The molecule has 0 radical (unpaired) electrons. The second-order valence-electron chi connectivity index (χ2n) is 4.75. The van der Waals surface area contributed by atoms with Crippen LogP contribution < -0.4 is 10.5 Å². The van der Waals surface area contributed by atoms with Gasteiger partial charge in [-0.15, -0.1) is 0 Å². The van der Waals surface area contributed by atoms with E-state index in [-0.39, 0.29) is 12.2 Å². The highest BCUT2D eigenvalue weighted by Crippen LogP contribution is 2.27. The van der Waals surface area contributed by atoms with Crippen LogP contribution in [0.5, 0.6) is 5.75 Å². The summed E-state index contributed by atoms with van der Waals surface area (Å²) in [4.78, 5) is 11.2. The third-order valence-electron chi connectivity index (χ3n) is 3.04. The largest absolute Gasteiger partial charge is 0.488 e. The topological polar surface area (TPSA) is 76.1 Å². The number of hydrogen-bond acceptors (Lipinski definition) is 3. The Bertz CT molecular complexity index is 857. The van der Waals surface area contributed by atoms with Crippen molar-refractivity contribution in [2.45, 2.75) is 6.61 Å². The lowest BCUT2D eigenvalue weighted by Crippen LogP contribution is -2.12. The number of carbonyl (C=O) groups excluding carboxylic acids is 1. The monoisotopic (exact) mass is 380 g/mol. The minimum atomic E-state index is -0.826.